The summed E-state index contributed by atoms with van der Waals surface area (Å²) in [5.74, 6) is 0. The first-order chi connectivity index (χ1) is 7.27. The van der Waals surface area contributed by atoms with Crippen molar-refractivity contribution in [2.45, 2.75) is 6.54 Å². The van der Waals surface area contributed by atoms with E-state index in [9.17, 15) is 10.1 Å². The second-order valence-corrected chi connectivity index (χ2v) is 3.09. The van der Waals surface area contributed by atoms with Gasteiger partial charge in [0.2, 0.25) is 0 Å². The van der Waals surface area contributed by atoms with Crippen LogP contribution in [0.5, 0.6) is 0 Å². The van der Waals surface area contributed by atoms with Gasteiger partial charge in [-0.05, 0) is 6.07 Å². The van der Waals surface area contributed by atoms with Gasteiger partial charge in [0.15, 0.2) is 0 Å². The van der Waals surface area contributed by atoms with Gasteiger partial charge in [-0.2, -0.15) is 5.10 Å². The van der Waals surface area contributed by atoms with E-state index >= 15 is 0 Å². The highest BCUT2D eigenvalue weighted by molar-refractivity contribution is 5.39. The van der Waals surface area contributed by atoms with Gasteiger partial charge >= 0.3 is 0 Å². The number of hydrogen-bond acceptors (Lipinski definition) is 3. The Hall–Kier alpha value is -2.17. The minimum absolute atomic E-state index is 0.132. The predicted molar refractivity (Wildman–Crippen MR) is 54.4 cm³/mol. The zero-order valence-electron chi connectivity index (χ0n) is 7.91. The molecule has 2 rings (SSSR count). The Bertz CT molecular complexity index is 465. The molecule has 1 heterocycles. The number of aromatic nitrogens is 2. The maximum Gasteiger partial charge on any atom is 0.274 e. The Morgan fingerprint density at radius 3 is 2.80 bits per heavy atom. The smallest absolute Gasteiger partial charge is 0.268 e. The van der Waals surface area contributed by atoms with Gasteiger partial charge in [0.05, 0.1) is 17.0 Å². The van der Waals surface area contributed by atoms with E-state index in [0.717, 1.165) is 0 Å². The first-order valence-electron chi connectivity index (χ1n) is 4.47. The van der Waals surface area contributed by atoms with Gasteiger partial charge in [-0.15, -0.1) is 0 Å². The van der Waals surface area contributed by atoms with Crippen molar-refractivity contribution >= 4 is 5.69 Å². The van der Waals surface area contributed by atoms with E-state index in [2.05, 4.69) is 5.10 Å². The predicted octanol–water partition coefficient (Wildman–Crippen LogP) is 1.84. The van der Waals surface area contributed by atoms with E-state index in [4.69, 9.17) is 0 Å². The molecule has 1 aromatic carbocycles. The van der Waals surface area contributed by atoms with E-state index in [0.29, 0.717) is 12.1 Å². The molecule has 0 amide bonds. The summed E-state index contributed by atoms with van der Waals surface area (Å²) in [7, 11) is 0. The summed E-state index contributed by atoms with van der Waals surface area (Å²) in [6, 6.07) is 8.46. The summed E-state index contributed by atoms with van der Waals surface area (Å²) in [5, 5.41) is 14.7. The molecule has 0 radical (unpaired) electrons. The highest BCUT2D eigenvalue weighted by Gasteiger charge is 2.12. The fourth-order valence-corrected chi connectivity index (χ4v) is 1.39. The maximum absolute atomic E-state index is 10.7. The monoisotopic (exact) mass is 203 g/mol. The molecule has 0 fully saturated rings. The Kier molecular flexibility index (Phi) is 2.45. The Morgan fingerprint density at radius 2 is 2.13 bits per heavy atom. The third kappa shape index (κ3) is 2.01. The lowest BCUT2D eigenvalue weighted by molar-refractivity contribution is -0.385. The van der Waals surface area contributed by atoms with E-state index < -0.39 is 0 Å². The topological polar surface area (TPSA) is 61.0 Å². The molecule has 76 valence electrons. The van der Waals surface area contributed by atoms with Crippen molar-refractivity contribution in [3.63, 3.8) is 0 Å². The molecule has 0 unspecified atom stereocenters. The van der Waals surface area contributed by atoms with Crippen LogP contribution in [0, 0.1) is 10.1 Å². The van der Waals surface area contributed by atoms with Crippen LogP contribution in [-0.2, 0) is 6.54 Å². The number of benzene rings is 1. The second-order valence-electron chi connectivity index (χ2n) is 3.09. The van der Waals surface area contributed by atoms with Crippen LogP contribution in [0.25, 0.3) is 0 Å². The van der Waals surface area contributed by atoms with Crippen LogP contribution in [-0.4, -0.2) is 14.7 Å². The van der Waals surface area contributed by atoms with Crippen LogP contribution in [0.3, 0.4) is 0 Å². The molecule has 0 saturated carbocycles. The summed E-state index contributed by atoms with van der Waals surface area (Å²) in [6.45, 7) is 0.421. The standard InChI is InChI=1S/C10H9N3O2/c14-13(15)10-5-2-1-4-9(10)8-12-7-3-6-11-12/h1-7H,8H2. The highest BCUT2D eigenvalue weighted by Crippen LogP contribution is 2.18. The quantitative estimate of drug-likeness (QED) is 0.564. The van der Waals surface area contributed by atoms with Gasteiger partial charge in [0.1, 0.15) is 0 Å². The lowest BCUT2D eigenvalue weighted by atomic mass is 10.2. The van der Waals surface area contributed by atoms with Gasteiger partial charge in [-0.3, -0.25) is 14.8 Å². The largest absolute Gasteiger partial charge is 0.274 e. The number of nitro groups is 1. The summed E-state index contributed by atoms with van der Waals surface area (Å²) in [6.07, 6.45) is 3.42. The van der Waals surface area contributed by atoms with Crippen LogP contribution in [0.15, 0.2) is 42.7 Å². The fourth-order valence-electron chi connectivity index (χ4n) is 1.39. The minimum Gasteiger partial charge on any atom is -0.268 e. The lowest BCUT2D eigenvalue weighted by Crippen LogP contribution is -2.03. The number of para-hydroxylation sites is 1. The molecule has 0 bridgehead atoms. The normalized spacial score (nSPS) is 10.1. The Morgan fingerprint density at radius 1 is 1.33 bits per heavy atom. The third-order valence-electron chi connectivity index (χ3n) is 2.08. The van der Waals surface area contributed by atoms with E-state index in [1.54, 1.807) is 41.3 Å². The lowest BCUT2D eigenvalue weighted by Gasteiger charge is -2.02. The fraction of sp³-hybridized carbons (Fsp3) is 0.100. The van der Waals surface area contributed by atoms with Crippen molar-refractivity contribution in [2.24, 2.45) is 0 Å². The van der Waals surface area contributed by atoms with Crippen molar-refractivity contribution in [2.75, 3.05) is 0 Å². The van der Waals surface area contributed by atoms with Crippen LogP contribution in [0.1, 0.15) is 5.56 Å². The third-order valence-corrected chi connectivity index (χ3v) is 2.08. The average Bonchev–Trinajstić information content (AvgIpc) is 2.71. The molecule has 0 saturated heterocycles. The number of hydrogen-bond donors (Lipinski definition) is 0. The molecule has 0 aliphatic rings. The number of nitro benzene ring substituents is 1. The molecular weight excluding hydrogens is 194 g/mol. The van der Waals surface area contributed by atoms with Gasteiger partial charge in [0, 0.05) is 18.5 Å². The van der Waals surface area contributed by atoms with E-state index in [-0.39, 0.29) is 10.6 Å². The van der Waals surface area contributed by atoms with Crippen molar-refractivity contribution in [1.29, 1.82) is 0 Å². The van der Waals surface area contributed by atoms with E-state index in [1.807, 2.05) is 0 Å². The van der Waals surface area contributed by atoms with Crippen LogP contribution < -0.4 is 0 Å². The molecule has 0 spiro atoms. The molecular formula is C10H9N3O2. The van der Waals surface area contributed by atoms with Crippen molar-refractivity contribution in [3.05, 3.63) is 58.4 Å². The van der Waals surface area contributed by atoms with Crippen LogP contribution >= 0.6 is 0 Å². The summed E-state index contributed by atoms with van der Waals surface area (Å²) < 4.78 is 1.66. The molecule has 5 heteroatoms. The summed E-state index contributed by atoms with van der Waals surface area (Å²) in [5.41, 5.74) is 0.791. The van der Waals surface area contributed by atoms with Gasteiger partial charge in [-0.1, -0.05) is 18.2 Å². The van der Waals surface area contributed by atoms with Gasteiger partial charge < -0.3 is 0 Å². The molecule has 5 nitrogen and oxygen atoms in total. The van der Waals surface area contributed by atoms with Crippen molar-refractivity contribution in [3.8, 4) is 0 Å². The average molecular weight is 203 g/mol. The number of rotatable bonds is 3. The molecule has 0 aliphatic heterocycles. The summed E-state index contributed by atoms with van der Waals surface area (Å²) >= 11 is 0. The Labute approximate surface area is 86.1 Å². The second kappa shape index (κ2) is 3.91. The number of nitrogens with zero attached hydrogens (tertiary/aromatic N) is 3. The first-order valence-corrected chi connectivity index (χ1v) is 4.47. The first kappa shape index (κ1) is 9.39. The zero-order chi connectivity index (χ0) is 10.7. The molecule has 2 aromatic rings. The Balaban J connectivity index is 2.32. The van der Waals surface area contributed by atoms with E-state index in [1.165, 1.54) is 6.07 Å². The molecule has 0 atom stereocenters. The molecule has 1 aromatic heterocycles. The SMILES string of the molecule is O=[N+]([O-])c1ccccc1Cn1cccn1. The van der Waals surface area contributed by atoms with Crippen molar-refractivity contribution < 1.29 is 4.92 Å². The van der Waals surface area contributed by atoms with Crippen LogP contribution in [0.2, 0.25) is 0 Å². The summed E-state index contributed by atoms with van der Waals surface area (Å²) in [4.78, 5) is 10.3. The van der Waals surface area contributed by atoms with Crippen LogP contribution in [0.4, 0.5) is 5.69 Å². The zero-order valence-corrected chi connectivity index (χ0v) is 7.91. The highest BCUT2D eigenvalue weighted by atomic mass is 16.6. The van der Waals surface area contributed by atoms with Gasteiger partial charge in [-0.25, -0.2) is 0 Å². The molecule has 15 heavy (non-hydrogen) atoms. The molecule has 0 N–H and O–H groups in total. The van der Waals surface area contributed by atoms with Crippen molar-refractivity contribution in [1.82, 2.24) is 9.78 Å². The molecule has 0 aliphatic carbocycles. The van der Waals surface area contributed by atoms with Gasteiger partial charge in [0.25, 0.3) is 5.69 Å². The minimum atomic E-state index is -0.376. The maximum atomic E-state index is 10.7.